The molecule has 0 atom stereocenters. The fourth-order valence-electron chi connectivity index (χ4n) is 3.02. The third-order valence-corrected chi connectivity index (χ3v) is 4.63. The van der Waals surface area contributed by atoms with Crippen molar-refractivity contribution >= 4 is 29.2 Å². The lowest BCUT2D eigenvalue weighted by atomic mass is 10.1. The minimum Gasteiger partial charge on any atom is -0.474 e. The Bertz CT molecular complexity index is 937. The number of hydrogen-bond donors (Lipinski definition) is 1. The molecule has 1 N–H and O–H groups in total. The number of benzene rings is 1. The number of carbonyl (C=O) groups excluding carboxylic acids is 1. The average molecular weight is 475 g/mol. The van der Waals surface area contributed by atoms with E-state index in [1.807, 2.05) is 0 Å². The van der Waals surface area contributed by atoms with Gasteiger partial charge in [-0.2, -0.15) is 0 Å². The Kier molecular flexibility index (Phi) is 7.49. The summed E-state index contributed by atoms with van der Waals surface area (Å²) >= 11 is 5.78. The van der Waals surface area contributed by atoms with Gasteiger partial charge in [0.05, 0.1) is 11.8 Å². The predicted octanol–water partition coefficient (Wildman–Crippen LogP) is 5.16. The summed E-state index contributed by atoms with van der Waals surface area (Å²) in [4.78, 5) is 21.7. The first-order valence-electron chi connectivity index (χ1n) is 9.85. The first-order valence-corrected chi connectivity index (χ1v) is 10.2. The molecule has 1 aromatic heterocycles. The molecule has 1 aliphatic heterocycles. The highest BCUT2D eigenvalue weighted by Gasteiger charge is 2.32. The quantitative estimate of drug-likeness (QED) is 0.618. The summed E-state index contributed by atoms with van der Waals surface area (Å²) in [5, 5.41) is 2.84. The highest BCUT2D eigenvalue weighted by atomic mass is 35.5. The van der Waals surface area contributed by atoms with Crippen LogP contribution in [0.25, 0.3) is 0 Å². The molecule has 0 radical (unpaired) electrons. The van der Waals surface area contributed by atoms with Crippen LogP contribution in [0.1, 0.15) is 26.7 Å². The molecular weight excluding hydrogens is 453 g/mol. The molecule has 1 fully saturated rings. The van der Waals surface area contributed by atoms with Crippen molar-refractivity contribution in [2.75, 3.05) is 18.4 Å². The summed E-state index contributed by atoms with van der Waals surface area (Å²) < 4.78 is 53.1. The molecule has 2 aromatic rings. The maximum absolute atomic E-state index is 12.7. The minimum absolute atomic E-state index is 0.0216. The van der Waals surface area contributed by atoms with Gasteiger partial charge in [-0.1, -0.05) is 11.6 Å². The Morgan fingerprint density at radius 1 is 1.22 bits per heavy atom. The molecule has 3 rings (SSSR count). The number of likely N-dealkylation sites (tertiary alicyclic amines) is 1. The molecule has 1 amide bonds. The molecule has 1 saturated heterocycles. The molecule has 1 aliphatic rings. The SMILES string of the molecule is CC(C)OC(=O)N1CCC(Oc2cc(Nc3ccc(Cl)cc3OC(F)(F)F)ncn2)CC1. The lowest BCUT2D eigenvalue weighted by Crippen LogP contribution is -2.42. The predicted molar refractivity (Wildman–Crippen MR) is 110 cm³/mol. The number of halogens is 4. The van der Waals surface area contributed by atoms with E-state index in [0.29, 0.717) is 25.9 Å². The molecule has 0 aliphatic carbocycles. The minimum atomic E-state index is -4.88. The monoisotopic (exact) mass is 474 g/mol. The normalized spacial score (nSPS) is 14.9. The zero-order valence-electron chi connectivity index (χ0n) is 17.4. The van der Waals surface area contributed by atoms with Gasteiger partial charge in [-0.15, -0.1) is 13.2 Å². The van der Waals surface area contributed by atoms with E-state index in [2.05, 4.69) is 20.0 Å². The van der Waals surface area contributed by atoms with Crippen LogP contribution in [-0.4, -0.2) is 52.6 Å². The summed E-state index contributed by atoms with van der Waals surface area (Å²) in [6, 6.07) is 5.28. The lowest BCUT2D eigenvalue weighted by Gasteiger charge is -2.31. The second kappa shape index (κ2) is 10.1. The zero-order chi connectivity index (χ0) is 23.3. The maximum Gasteiger partial charge on any atom is 0.573 e. The van der Waals surface area contributed by atoms with Crippen molar-refractivity contribution in [2.24, 2.45) is 0 Å². The van der Waals surface area contributed by atoms with Gasteiger partial charge in [-0.25, -0.2) is 14.8 Å². The summed E-state index contributed by atoms with van der Waals surface area (Å²) in [7, 11) is 0. The van der Waals surface area contributed by atoms with E-state index in [0.717, 1.165) is 6.07 Å². The number of amides is 1. The number of aromatic nitrogens is 2. The van der Waals surface area contributed by atoms with E-state index < -0.39 is 12.1 Å². The van der Waals surface area contributed by atoms with Gasteiger partial charge in [0, 0.05) is 43.1 Å². The fourth-order valence-corrected chi connectivity index (χ4v) is 3.18. The van der Waals surface area contributed by atoms with E-state index >= 15 is 0 Å². The van der Waals surface area contributed by atoms with Crippen LogP contribution in [-0.2, 0) is 4.74 Å². The van der Waals surface area contributed by atoms with Gasteiger partial charge in [0.15, 0.2) is 5.75 Å². The lowest BCUT2D eigenvalue weighted by molar-refractivity contribution is -0.274. The van der Waals surface area contributed by atoms with Crippen molar-refractivity contribution in [3.63, 3.8) is 0 Å². The van der Waals surface area contributed by atoms with Crippen molar-refractivity contribution in [2.45, 2.75) is 45.3 Å². The van der Waals surface area contributed by atoms with Gasteiger partial charge in [0.2, 0.25) is 5.88 Å². The Balaban J connectivity index is 1.62. The molecular formula is C20H22ClF3N4O4. The Labute approximate surface area is 187 Å². The second-order valence-electron chi connectivity index (χ2n) is 7.29. The molecule has 2 heterocycles. The molecule has 0 unspecified atom stereocenters. The molecule has 32 heavy (non-hydrogen) atoms. The number of hydrogen-bond acceptors (Lipinski definition) is 7. The highest BCUT2D eigenvalue weighted by molar-refractivity contribution is 6.30. The standard InChI is InChI=1S/C20H22ClF3N4O4/c1-12(2)30-19(29)28-7-5-14(6-8-28)31-18-10-17(25-11-26-18)27-15-4-3-13(21)9-16(15)32-20(22,23)24/h3-4,9-12,14H,5-8H2,1-2H3,(H,25,26,27). The number of ether oxygens (including phenoxy) is 3. The smallest absolute Gasteiger partial charge is 0.474 e. The number of nitrogens with zero attached hydrogens (tertiary/aromatic N) is 3. The van der Waals surface area contributed by atoms with Crippen LogP contribution < -0.4 is 14.8 Å². The van der Waals surface area contributed by atoms with E-state index in [1.54, 1.807) is 18.7 Å². The summed E-state index contributed by atoms with van der Waals surface area (Å²) in [5.41, 5.74) is 0.0216. The number of carbonyl (C=O) groups is 1. The second-order valence-corrected chi connectivity index (χ2v) is 7.73. The van der Waals surface area contributed by atoms with Crippen molar-refractivity contribution < 1.29 is 32.2 Å². The van der Waals surface area contributed by atoms with Gasteiger partial charge in [-0.3, -0.25) is 0 Å². The fraction of sp³-hybridized carbons (Fsp3) is 0.450. The largest absolute Gasteiger partial charge is 0.573 e. The van der Waals surface area contributed by atoms with E-state index in [-0.39, 0.29) is 40.7 Å². The van der Waals surface area contributed by atoms with Crippen LogP contribution in [0.3, 0.4) is 0 Å². The van der Waals surface area contributed by atoms with Gasteiger partial charge in [0.1, 0.15) is 18.2 Å². The van der Waals surface area contributed by atoms with Crippen LogP contribution in [0.4, 0.5) is 29.5 Å². The van der Waals surface area contributed by atoms with Crippen LogP contribution >= 0.6 is 11.6 Å². The Morgan fingerprint density at radius 3 is 2.59 bits per heavy atom. The summed E-state index contributed by atoms with van der Waals surface area (Å²) in [6.07, 6.45) is -3.20. The van der Waals surface area contributed by atoms with Gasteiger partial charge in [0.25, 0.3) is 0 Å². The van der Waals surface area contributed by atoms with E-state index in [4.69, 9.17) is 21.1 Å². The third-order valence-electron chi connectivity index (χ3n) is 4.40. The van der Waals surface area contributed by atoms with Crippen molar-refractivity contribution in [1.82, 2.24) is 14.9 Å². The number of nitrogens with one attached hydrogen (secondary N) is 1. The molecule has 0 spiro atoms. The van der Waals surface area contributed by atoms with Crippen LogP contribution in [0.2, 0.25) is 5.02 Å². The zero-order valence-corrected chi connectivity index (χ0v) is 18.1. The van der Waals surface area contributed by atoms with Crippen LogP contribution in [0, 0.1) is 0 Å². The van der Waals surface area contributed by atoms with Gasteiger partial charge >= 0.3 is 12.5 Å². The Hall–Kier alpha value is -2.95. The number of anilines is 2. The van der Waals surface area contributed by atoms with E-state index in [1.165, 1.54) is 24.5 Å². The first kappa shape index (κ1) is 23.7. The van der Waals surface area contributed by atoms with Crippen LogP contribution in [0.15, 0.2) is 30.6 Å². The molecule has 12 heteroatoms. The summed E-state index contributed by atoms with van der Waals surface area (Å²) in [6.45, 7) is 4.54. The van der Waals surface area contributed by atoms with Gasteiger partial charge < -0.3 is 24.4 Å². The average Bonchev–Trinajstić information content (AvgIpc) is 2.69. The maximum atomic E-state index is 12.7. The summed E-state index contributed by atoms with van der Waals surface area (Å²) in [5.74, 6) is -0.0352. The Morgan fingerprint density at radius 2 is 1.94 bits per heavy atom. The molecule has 8 nitrogen and oxygen atoms in total. The van der Waals surface area contributed by atoms with Crippen molar-refractivity contribution in [3.8, 4) is 11.6 Å². The molecule has 0 saturated carbocycles. The van der Waals surface area contributed by atoms with E-state index in [9.17, 15) is 18.0 Å². The third kappa shape index (κ3) is 7.04. The first-order chi connectivity index (χ1) is 15.1. The van der Waals surface area contributed by atoms with Gasteiger partial charge in [-0.05, 0) is 26.0 Å². The number of alkyl halides is 3. The molecule has 1 aromatic carbocycles. The number of piperidine rings is 1. The highest BCUT2D eigenvalue weighted by Crippen LogP contribution is 2.34. The van der Waals surface area contributed by atoms with Crippen LogP contribution in [0.5, 0.6) is 11.6 Å². The molecule has 174 valence electrons. The molecule has 0 bridgehead atoms. The van der Waals surface area contributed by atoms with Crippen molar-refractivity contribution in [3.05, 3.63) is 35.6 Å². The number of rotatable bonds is 6. The topological polar surface area (TPSA) is 85.8 Å². The van der Waals surface area contributed by atoms with Crippen molar-refractivity contribution in [1.29, 1.82) is 0 Å².